The molecule has 1 aromatic heterocycles. The monoisotopic (exact) mass is 510 g/mol. The van der Waals surface area contributed by atoms with Gasteiger partial charge in [0.05, 0.1) is 5.69 Å². The Balaban J connectivity index is 1.31. The van der Waals surface area contributed by atoms with Gasteiger partial charge in [-0.3, -0.25) is 9.59 Å². The highest BCUT2D eigenvalue weighted by molar-refractivity contribution is 6.19. The minimum Gasteiger partial charge on any atom is -0.507 e. The van der Waals surface area contributed by atoms with Gasteiger partial charge in [0.2, 0.25) is 0 Å². The highest BCUT2D eigenvalue weighted by Crippen LogP contribution is 2.45. The number of phenols is 1. The Morgan fingerprint density at radius 2 is 1.78 bits per heavy atom. The highest BCUT2D eigenvalue weighted by Gasteiger charge is 2.35. The summed E-state index contributed by atoms with van der Waals surface area (Å²) in [6.07, 6.45) is 0. The maximum Gasteiger partial charge on any atom is 0.274 e. The van der Waals surface area contributed by atoms with E-state index in [1.165, 1.54) is 0 Å². The lowest BCUT2D eigenvalue weighted by Gasteiger charge is -2.17. The Morgan fingerprint density at radius 3 is 2.54 bits per heavy atom. The molecular weight excluding hydrogens is 488 g/mol. The van der Waals surface area contributed by atoms with Crippen LogP contribution in [0.25, 0.3) is 21.7 Å². The summed E-state index contributed by atoms with van der Waals surface area (Å²) in [4.78, 5) is 31.1. The molecule has 2 amide bonds. The van der Waals surface area contributed by atoms with Crippen LogP contribution in [0.1, 0.15) is 32.3 Å². The topological polar surface area (TPSA) is 111 Å². The minimum atomic E-state index is -0.251. The number of fused-ring (bicyclic) bond motifs is 4. The normalized spacial score (nSPS) is 14.7. The largest absolute Gasteiger partial charge is 0.507 e. The molecule has 8 heteroatoms. The summed E-state index contributed by atoms with van der Waals surface area (Å²) in [5.74, 6) is -0.0349. The van der Waals surface area contributed by atoms with Crippen LogP contribution in [0.4, 0.5) is 17.1 Å². The van der Waals surface area contributed by atoms with Crippen LogP contribution in [-0.4, -0.2) is 34.3 Å². The van der Waals surface area contributed by atoms with Crippen LogP contribution in [0.3, 0.4) is 0 Å². The lowest BCUT2D eigenvalue weighted by atomic mass is 9.95. The molecule has 0 aliphatic carbocycles. The van der Waals surface area contributed by atoms with Crippen molar-refractivity contribution in [1.82, 2.24) is 4.98 Å². The average molecular weight is 511 g/mol. The summed E-state index contributed by atoms with van der Waals surface area (Å²) in [6, 6.07) is 23.1. The molecule has 5 aromatic rings. The number of anilines is 3. The summed E-state index contributed by atoms with van der Waals surface area (Å²) in [5.41, 5.74) is 10.2. The molecule has 4 aromatic carbocycles. The van der Waals surface area contributed by atoms with E-state index < -0.39 is 0 Å². The lowest BCUT2D eigenvalue weighted by Crippen LogP contribution is -2.30. The summed E-state index contributed by atoms with van der Waals surface area (Å²) < 4.78 is 0. The zero-order chi connectivity index (χ0) is 25.7. The predicted octanol–water partition coefficient (Wildman–Crippen LogP) is 5.84. The van der Waals surface area contributed by atoms with Crippen LogP contribution in [0, 0.1) is 0 Å². The number of phenolic OH excluding ortho intramolecular Hbond substituents is 1. The van der Waals surface area contributed by atoms with E-state index in [0.29, 0.717) is 40.7 Å². The van der Waals surface area contributed by atoms with Crippen molar-refractivity contribution in [3.8, 4) is 5.75 Å². The number of alkyl halides is 1. The number of H-pyrrole nitrogens is 1. The molecule has 5 N–H and O–H groups in total. The molecule has 0 bridgehead atoms. The van der Waals surface area contributed by atoms with Crippen LogP contribution in [0.15, 0.2) is 78.9 Å². The van der Waals surface area contributed by atoms with E-state index in [1.54, 1.807) is 47.4 Å². The number of aromatic hydroxyl groups is 1. The second kappa shape index (κ2) is 8.87. The number of benzene rings is 4. The zero-order valence-electron chi connectivity index (χ0n) is 19.7. The number of nitrogens with one attached hydrogen (secondary N) is 2. The van der Waals surface area contributed by atoms with Gasteiger partial charge in [-0.1, -0.05) is 24.3 Å². The summed E-state index contributed by atoms with van der Waals surface area (Å²) in [6.45, 7) is 0.420. The third-order valence-corrected chi connectivity index (χ3v) is 7.23. The minimum absolute atomic E-state index is 0.0503. The van der Waals surface area contributed by atoms with Gasteiger partial charge in [0, 0.05) is 57.6 Å². The molecule has 7 nitrogen and oxygen atoms in total. The Morgan fingerprint density at radius 1 is 1.03 bits per heavy atom. The summed E-state index contributed by atoms with van der Waals surface area (Å²) in [5, 5.41) is 16.0. The Hall–Kier alpha value is -4.49. The SMILES string of the molecule is Nc1ccc(C(=O)Nc2ccc3[nH]c(C(=O)N4CC(CCl)c5c4cc(O)c4ccccc54)cc3c2)cc1. The second-order valence-electron chi connectivity index (χ2n) is 9.20. The number of nitrogen functional groups attached to an aromatic ring is 1. The number of hydrogen-bond donors (Lipinski definition) is 4. The van der Waals surface area contributed by atoms with Crippen LogP contribution >= 0.6 is 11.6 Å². The Labute approximate surface area is 217 Å². The standard InChI is InChI=1S/C29H23ClN4O3/c30-14-18-15-34(25-13-26(35)21-3-1-2-4-22(21)27(18)25)29(37)24-12-17-11-20(9-10-23(17)33-24)32-28(36)16-5-7-19(31)8-6-16/h1-13,18,33,35H,14-15,31H2,(H,32,36). The smallest absolute Gasteiger partial charge is 0.274 e. The molecule has 37 heavy (non-hydrogen) atoms. The molecule has 1 aliphatic rings. The summed E-state index contributed by atoms with van der Waals surface area (Å²) >= 11 is 6.32. The van der Waals surface area contributed by atoms with E-state index in [0.717, 1.165) is 27.2 Å². The average Bonchev–Trinajstić information content (AvgIpc) is 3.50. The van der Waals surface area contributed by atoms with Crippen LogP contribution < -0.4 is 16.0 Å². The van der Waals surface area contributed by atoms with Gasteiger partial charge in [-0.2, -0.15) is 0 Å². The number of rotatable bonds is 4. The van der Waals surface area contributed by atoms with Gasteiger partial charge < -0.3 is 26.0 Å². The maximum atomic E-state index is 13.7. The number of aromatic nitrogens is 1. The van der Waals surface area contributed by atoms with Crippen LogP contribution in [0.2, 0.25) is 0 Å². The molecule has 1 aliphatic heterocycles. The van der Waals surface area contributed by atoms with Crippen molar-refractivity contribution in [3.63, 3.8) is 0 Å². The van der Waals surface area contributed by atoms with Gasteiger partial charge in [-0.15, -0.1) is 11.6 Å². The Kier molecular flexibility index (Phi) is 5.50. The van der Waals surface area contributed by atoms with Crippen molar-refractivity contribution >= 4 is 62.2 Å². The molecular formula is C29H23ClN4O3. The van der Waals surface area contributed by atoms with Crippen molar-refractivity contribution in [3.05, 3.63) is 95.7 Å². The highest BCUT2D eigenvalue weighted by atomic mass is 35.5. The van der Waals surface area contributed by atoms with Gasteiger partial charge in [0.15, 0.2) is 0 Å². The van der Waals surface area contributed by atoms with Crippen LogP contribution in [-0.2, 0) is 0 Å². The molecule has 184 valence electrons. The Bertz CT molecular complexity index is 1690. The molecule has 0 radical (unpaired) electrons. The number of nitrogens with two attached hydrogens (primary N) is 1. The molecule has 2 heterocycles. The molecule has 1 unspecified atom stereocenters. The first-order chi connectivity index (χ1) is 17.9. The van der Waals surface area contributed by atoms with Gasteiger partial charge in [0.1, 0.15) is 11.4 Å². The third-order valence-electron chi connectivity index (χ3n) is 6.86. The fraction of sp³-hybridized carbons (Fsp3) is 0.103. The fourth-order valence-electron chi connectivity index (χ4n) is 5.05. The van der Waals surface area contributed by atoms with Crippen LogP contribution in [0.5, 0.6) is 5.75 Å². The zero-order valence-corrected chi connectivity index (χ0v) is 20.4. The van der Waals surface area contributed by atoms with Gasteiger partial charge in [-0.25, -0.2) is 0 Å². The number of nitrogens with zero attached hydrogens (tertiary/aromatic N) is 1. The summed E-state index contributed by atoms with van der Waals surface area (Å²) in [7, 11) is 0. The first-order valence-corrected chi connectivity index (χ1v) is 12.4. The van der Waals surface area contributed by atoms with Crippen molar-refractivity contribution in [2.24, 2.45) is 0 Å². The maximum absolute atomic E-state index is 13.7. The number of aromatic amines is 1. The quantitative estimate of drug-likeness (QED) is 0.180. The van der Waals surface area contributed by atoms with E-state index in [2.05, 4.69) is 10.3 Å². The molecule has 0 fully saturated rings. The first kappa shape index (κ1) is 22.9. The van der Waals surface area contributed by atoms with Gasteiger partial charge in [0.25, 0.3) is 11.8 Å². The lowest BCUT2D eigenvalue weighted by molar-refractivity contribution is 0.0983. The number of amides is 2. The molecule has 0 spiro atoms. The van der Waals surface area contributed by atoms with Gasteiger partial charge >= 0.3 is 0 Å². The number of halogens is 1. The van der Waals surface area contributed by atoms with E-state index >= 15 is 0 Å². The number of carbonyl (C=O) groups excluding carboxylic acids is 2. The predicted molar refractivity (Wildman–Crippen MR) is 148 cm³/mol. The molecule has 1 atom stereocenters. The van der Waals surface area contributed by atoms with E-state index in [-0.39, 0.29) is 23.5 Å². The molecule has 6 rings (SSSR count). The van der Waals surface area contributed by atoms with Crippen molar-refractivity contribution < 1.29 is 14.7 Å². The van der Waals surface area contributed by atoms with E-state index in [9.17, 15) is 14.7 Å². The second-order valence-corrected chi connectivity index (χ2v) is 9.51. The molecule has 0 saturated heterocycles. The van der Waals surface area contributed by atoms with Crippen molar-refractivity contribution in [1.29, 1.82) is 0 Å². The van der Waals surface area contributed by atoms with Crippen molar-refractivity contribution in [2.75, 3.05) is 28.4 Å². The number of carbonyl (C=O) groups is 2. The molecule has 0 saturated carbocycles. The number of hydrogen-bond acceptors (Lipinski definition) is 4. The fourth-order valence-corrected chi connectivity index (χ4v) is 5.31. The van der Waals surface area contributed by atoms with Gasteiger partial charge in [-0.05, 0) is 59.5 Å². The first-order valence-electron chi connectivity index (χ1n) is 11.8. The van der Waals surface area contributed by atoms with Crippen molar-refractivity contribution in [2.45, 2.75) is 5.92 Å². The third kappa shape index (κ3) is 3.93. The van der Waals surface area contributed by atoms with E-state index in [4.69, 9.17) is 17.3 Å². The van der Waals surface area contributed by atoms with E-state index in [1.807, 2.05) is 36.4 Å².